The summed E-state index contributed by atoms with van der Waals surface area (Å²) in [6.07, 6.45) is -3.53. The third-order valence-electron chi connectivity index (χ3n) is 2.32. The Morgan fingerprint density at radius 2 is 2.00 bits per heavy atom. The third-order valence-corrected chi connectivity index (χ3v) is 2.54. The highest BCUT2D eigenvalue weighted by Crippen LogP contribution is 2.25. The van der Waals surface area contributed by atoms with Gasteiger partial charge in [0.25, 0.3) is 5.91 Å². The van der Waals surface area contributed by atoms with Crippen molar-refractivity contribution in [1.29, 1.82) is 0 Å². The molecule has 1 N–H and O–H groups in total. The molecule has 110 valence electrons. The number of nitrogens with zero attached hydrogens (tertiary/aromatic N) is 1. The number of hydrogen-bond donors (Lipinski definition) is 1. The molecule has 21 heavy (non-hydrogen) atoms. The standard InChI is InChI=1S/C13H8ClF3N2O2/c14-11-5-4-8(7-18-11)12(20)19-9-2-1-3-10(6-9)21-13(15,16)17/h1-7H,(H,19,20). The molecule has 0 spiro atoms. The van der Waals surface area contributed by atoms with Gasteiger partial charge in [-0.2, -0.15) is 0 Å². The predicted molar refractivity (Wildman–Crippen MR) is 70.3 cm³/mol. The van der Waals surface area contributed by atoms with Gasteiger partial charge in [0, 0.05) is 18.0 Å². The lowest BCUT2D eigenvalue weighted by atomic mass is 10.2. The van der Waals surface area contributed by atoms with E-state index in [1.165, 1.54) is 30.5 Å². The average Bonchev–Trinajstić information content (AvgIpc) is 2.37. The SMILES string of the molecule is O=C(Nc1cccc(OC(F)(F)F)c1)c1ccc(Cl)nc1. The Morgan fingerprint density at radius 3 is 2.62 bits per heavy atom. The number of rotatable bonds is 3. The Kier molecular flexibility index (Phi) is 4.32. The van der Waals surface area contributed by atoms with Crippen molar-refractivity contribution in [2.75, 3.05) is 5.32 Å². The van der Waals surface area contributed by atoms with Crippen LogP contribution in [-0.4, -0.2) is 17.3 Å². The second-order valence-corrected chi connectivity index (χ2v) is 4.29. The number of ether oxygens (including phenoxy) is 1. The lowest BCUT2D eigenvalue weighted by Crippen LogP contribution is -2.17. The summed E-state index contributed by atoms with van der Waals surface area (Å²) in [5.41, 5.74) is 0.387. The average molecular weight is 317 g/mol. The van der Waals surface area contributed by atoms with Gasteiger partial charge in [-0.1, -0.05) is 17.7 Å². The molecule has 4 nitrogen and oxygen atoms in total. The van der Waals surface area contributed by atoms with Crippen LogP contribution in [0.5, 0.6) is 5.75 Å². The van der Waals surface area contributed by atoms with Gasteiger partial charge in [-0.05, 0) is 24.3 Å². The summed E-state index contributed by atoms with van der Waals surface area (Å²) in [6, 6.07) is 7.84. The minimum atomic E-state index is -4.79. The van der Waals surface area contributed by atoms with E-state index in [0.29, 0.717) is 0 Å². The largest absolute Gasteiger partial charge is 0.573 e. The monoisotopic (exact) mass is 316 g/mol. The van der Waals surface area contributed by atoms with Crippen LogP contribution in [0.4, 0.5) is 18.9 Å². The van der Waals surface area contributed by atoms with Gasteiger partial charge < -0.3 is 10.1 Å². The summed E-state index contributed by atoms with van der Waals surface area (Å²) in [7, 11) is 0. The van der Waals surface area contributed by atoms with E-state index < -0.39 is 18.0 Å². The van der Waals surface area contributed by atoms with Crippen molar-refractivity contribution in [3.63, 3.8) is 0 Å². The van der Waals surface area contributed by atoms with Crippen LogP contribution in [0.2, 0.25) is 5.15 Å². The van der Waals surface area contributed by atoms with Crippen LogP contribution in [0.1, 0.15) is 10.4 Å². The van der Waals surface area contributed by atoms with Crippen molar-refractivity contribution in [3.05, 3.63) is 53.3 Å². The molecule has 2 aromatic rings. The van der Waals surface area contributed by atoms with Crippen LogP contribution in [0, 0.1) is 0 Å². The van der Waals surface area contributed by atoms with Crippen molar-refractivity contribution in [3.8, 4) is 5.75 Å². The van der Waals surface area contributed by atoms with Crippen LogP contribution in [0.15, 0.2) is 42.6 Å². The molecule has 0 fully saturated rings. The molecule has 0 aliphatic rings. The molecule has 0 saturated heterocycles. The maximum Gasteiger partial charge on any atom is 0.573 e. The molecule has 0 unspecified atom stereocenters. The van der Waals surface area contributed by atoms with Gasteiger partial charge in [-0.15, -0.1) is 13.2 Å². The first kappa shape index (κ1) is 15.1. The maximum absolute atomic E-state index is 12.1. The minimum Gasteiger partial charge on any atom is -0.406 e. The van der Waals surface area contributed by atoms with Crippen LogP contribution in [-0.2, 0) is 0 Å². The highest BCUT2D eigenvalue weighted by Gasteiger charge is 2.31. The number of amides is 1. The fourth-order valence-corrected chi connectivity index (χ4v) is 1.60. The van der Waals surface area contributed by atoms with Crippen molar-refractivity contribution in [2.24, 2.45) is 0 Å². The van der Waals surface area contributed by atoms with E-state index in [1.807, 2.05) is 0 Å². The van der Waals surface area contributed by atoms with Crippen LogP contribution in [0.25, 0.3) is 0 Å². The summed E-state index contributed by atoms with van der Waals surface area (Å²) < 4.78 is 40.1. The molecule has 1 aromatic carbocycles. The Morgan fingerprint density at radius 1 is 1.24 bits per heavy atom. The number of carbonyl (C=O) groups is 1. The molecular formula is C13H8ClF3N2O2. The number of hydrogen-bond acceptors (Lipinski definition) is 3. The van der Waals surface area contributed by atoms with Gasteiger partial charge in [0.05, 0.1) is 5.56 Å². The van der Waals surface area contributed by atoms with Gasteiger partial charge in [0.2, 0.25) is 0 Å². The molecule has 1 aromatic heterocycles. The van der Waals surface area contributed by atoms with E-state index in [-0.39, 0.29) is 16.4 Å². The van der Waals surface area contributed by atoms with Gasteiger partial charge in [-0.25, -0.2) is 4.98 Å². The highest BCUT2D eigenvalue weighted by molar-refractivity contribution is 6.29. The van der Waals surface area contributed by atoms with E-state index >= 15 is 0 Å². The van der Waals surface area contributed by atoms with E-state index in [9.17, 15) is 18.0 Å². The van der Waals surface area contributed by atoms with Gasteiger partial charge in [0.1, 0.15) is 10.9 Å². The number of pyridine rings is 1. The normalized spacial score (nSPS) is 11.0. The summed E-state index contributed by atoms with van der Waals surface area (Å²) in [4.78, 5) is 15.6. The first-order valence-electron chi connectivity index (χ1n) is 5.62. The number of anilines is 1. The van der Waals surface area contributed by atoms with Gasteiger partial charge in [-0.3, -0.25) is 4.79 Å². The molecule has 8 heteroatoms. The van der Waals surface area contributed by atoms with Crippen molar-refractivity contribution in [2.45, 2.75) is 6.36 Å². The second-order valence-electron chi connectivity index (χ2n) is 3.90. The third kappa shape index (κ3) is 4.64. The summed E-state index contributed by atoms with van der Waals surface area (Å²) >= 11 is 5.59. The minimum absolute atomic E-state index is 0.164. The zero-order valence-electron chi connectivity index (χ0n) is 10.3. The number of aromatic nitrogens is 1. The van der Waals surface area contributed by atoms with Crippen LogP contribution < -0.4 is 10.1 Å². The van der Waals surface area contributed by atoms with E-state index in [0.717, 1.165) is 12.1 Å². The molecule has 0 radical (unpaired) electrons. The molecule has 0 bridgehead atoms. The lowest BCUT2D eigenvalue weighted by molar-refractivity contribution is -0.274. The van der Waals surface area contributed by atoms with E-state index in [1.54, 1.807) is 0 Å². The van der Waals surface area contributed by atoms with Crippen molar-refractivity contribution in [1.82, 2.24) is 4.98 Å². The number of carbonyl (C=O) groups excluding carboxylic acids is 1. The van der Waals surface area contributed by atoms with E-state index in [2.05, 4.69) is 15.0 Å². The summed E-state index contributed by atoms with van der Waals surface area (Å²) in [6.45, 7) is 0. The molecule has 1 amide bonds. The zero-order valence-corrected chi connectivity index (χ0v) is 11.1. The second kappa shape index (κ2) is 6.01. The number of halogens is 4. The molecule has 1 heterocycles. The van der Waals surface area contributed by atoms with Crippen LogP contribution >= 0.6 is 11.6 Å². The topological polar surface area (TPSA) is 51.2 Å². The smallest absolute Gasteiger partial charge is 0.406 e. The fraction of sp³-hybridized carbons (Fsp3) is 0.0769. The maximum atomic E-state index is 12.1. The molecule has 0 atom stereocenters. The molecule has 0 aliphatic carbocycles. The van der Waals surface area contributed by atoms with Crippen molar-refractivity contribution >= 4 is 23.2 Å². The fourth-order valence-electron chi connectivity index (χ4n) is 1.48. The summed E-state index contributed by atoms with van der Waals surface area (Å²) in [5.74, 6) is -0.946. The van der Waals surface area contributed by atoms with Gasteiger partial charge in [0.15, 0.2) is 0 Å². The Hall–Kier alpha value is -2.28. The molecule has 0 aliphatic heterocycles. The molecule has 2 rings (SSSR count). The van der Waals surface area contributed by atoms with Crippen molar-refractivity contribution < 1.29 is 22.7 Å². The Balaban J connectivity index is 2.10. The first-order chi connectivity index (χ1) is 9.83. The van der Waals surface area contributed by atoms with Crippen LogP contribution in [0.3, 0.4) is 0 Å². The number of alkyl halides is 3. The molecule has 0 saturated carbocycles. The Labute approximate surface area is 122 Å². The zero-order chi connectivity index (χ0) is 15.5. The summed E-state index contributed by atoms with van der Waals surface area (Å²) in [5, 5.41) is 2.66. The predicted octanol–water partition coefficient (Wildman–Crippen LogP) is 3.89. The Bertz CT molecular complexity index is 645. The quantitative estimate of drug-likeness (QED) is 0.874. The first-order valence-corrected chi connectivity index (χ1v) is 6.00. The number of benzene rings is 1. The lowest BCUT2D eigenvalue weighted by Gasteiger charge is -2.10. The highest BCUT2D eigenvalue weighted by atomic mass is 35.5. The molecular weight excluding hydrogens is 309 g/mol. The van der Waals surface area contributed by atoms with Gasteiger partial charge >= 0.3 is 6.36 Å². The number of nitrogens with one attached hydrogen (secondary N) is 1. The van der Waals surface area contributed by atoms with E-state index in [4.69, 9.17) is 11.6 Å².